The molecule has 0 atom stereocenters. The van der Waals surface area contributed by atoms with Gasteiger partial charge in [-0.1, -0.05) is 6.07 Å². The molecule has 1 aliphatic heterocycles. The summed E-state index contributed by atoms with van der Waals surface area (Å²) < 4.78 is 51.8. The predicted molar refractivity (Wildman–Crippen MR) is 78.7 cm³/mol. The summed E-state index contributed by atoms with van der Waals surface area (Å²) in [6.45, 7) is 2.43. The number of hydrogen-bond donors (Lipinski definition) is 0. The van der Waals surface area contributed by atoms with Gasteiger partial charge in [-0.15, -0.1) is 0 Å². The van der Waals surface area contributed by atoms with E-state index in [2.05, 4.69) is 15.0 Å². The summed E-state index contributed by atoms with van der Waals surface area (Å²) in [6, 6.07) is 2.96. The molecule has 1 aliphatic rings. The SMILES string of the molecule is Fc1cnc(N2CCN(Cc3cccnc3C(F)(F)F)CC2)nc1. The molecule has 2 aromatic heterocycles. The monoisotopic (exact) mass is 341 g/mol. The fraction of sp³-hybridized carbons (Fsp3) is 0.400. The second-order valence-corrected chi connectivity index (χ2v) is 5.47. The number of alkyl halides is 3. The molecule has 2 aromatic rings. The Morgan fingerprint density at radius 1 is 1.00 bits per heavy atom. The van der Waals surface area contributed by atoms with Crippen LogP contribution in [0.25, 0.3) is 0 Å². The minimum atomic E-state index is -4.46. The predicted octanol–water partition coefficient (Wildman–Crippen LogP) is 2.35. The van der Waals surface area contributed by atoms with Gasteiger partial charge in [0.25, 0.3) is 0 Å². The number of hydrogen-bond acceptors (Lipinski definition) is 5. The van der Waals surface area contributed by atoms with Gasteiger partial charge in [-0.2, -0.15) is 13.2 Å². The van der Waals surface area contributed by atoms with Gasteiger partial charge in [0.05, 0.1) is 12.4 Å². The highest BCUT2D eigenvalue weighted by molar-refractivity contribution is 5.29. The zero-order valence-electron chi connectivity index (χ0n) is 12.7. The van der Waals surface area contributed by atoms with Gasteiger partial charge < -0.3 is 4.90 Å². The van der Waals surface area contributed by atoms with Gasteiger partial charge in [-0.3, -0.25) is 9.88 Å². The number of anilines is 1. The van der Waals surface area contributed by atoms with Gasteiger partial charge in [0.2, 0.25) is 5.95 Å². The molecule has 3 heterocycles. The highest BCUT2D eigenvalue weighted by Crippen LogP contribution is 2.30. The Morgan fingerprint density at radius 2 is 1.67 bits per heavy atom. The molecule has 0 aromatic carbocycles. The summed E-state index contributed by atoms with van der Waals surface area (Å²) in [5, 5.41) is 0. The van der Waals surface area contributed by atoms with Crippen molar-refractivity contribution in [2.75, 3.05) is 31.1 Å². The standard InChI is InChI=1S/C15H15F4N5/c16-12-8-21-14(22-9-12)24-6-4-23(5-7-24)10-11-2-1-3-20-13(11)15(17,18)19/h1-3,8-9H,4-7,10H2. The normalized spacial score (nSPS) is 16.4. The van der Waals surface area contributed by atoms with Crippen LogP contribution in [0.5, 0.6) is 0 Å². The molecule has 1 saturated heterocycles. The lowest BCUT2D eigenvalue weighted by Crippen LogP contribution is -2.46. The Hall–Kier alpha value is -2.29. The average Bonchev–Trinajstić information content (AvgIpc) is 2.56. The highest BCUT2D eigenvalue weighted by Gasteiger charge is 2.35. The minimum Gasteiger partial charge on any atom is -0.338 e. The maximum atomic E-state index is 13.0. The van der Waals surface area contributed by atoms with E-state index in [1.165, 1.54) is 12.1 Å². The van der Waals surface area contributed by atoms with Crippen molar-refractivity contribution < 1.29 is 17.6 Å². The molecule has 0 aliphatic carbocycles. The van der Waals surface area contributed by atoms with Crippen LogP contribution in [-0.2, 0) is 12.7 Å². The number of pyridine rings is 1. The molecule has 1 fully saturated rings. The van der Waals surface area contributed by atoms with Crippen molar-refractivity contribution in [2.24, 2.45) is 0 Å². The third-order valence-corrected chi connectivity index (χ3v) is 3.82. The van der Waals surface area contributed by atoms with Crippen LogP contribution >= 0.6 is 0 Å². The molecule has 0 amide bonds. The molecule has 128 valence electrons. The lowest BCUT2D eigenvalue weighted by molar-refractivity contribution is -0.142. The fourth-order valence-corrected chi connectivity index (χ4v) is 2.64. The summed E-state index contributed by atoms with van der Waals surface area (Å²) in [5.74, 6) is -0.0814. The Balaban J connectivity index is 1.63. The first-order valence-electron chi connectivity index (χ1n) is 7.39. The second-order valence-electron chi connectivity index (χ2n) is 5.47. The van der Waals surface area contributed by atoms with Gasteiger partial charge in [-0.05, 0) is 11.6 Å². The van der Waals surface area contributed by atoms with Crippen LogP contribution in [0.1, 0.15) is 11.3 Å². The maximum absolute atomic E-state index is 13.0. The highest BCUT2D eigenvalue weighted by atomic mass is 19.4. The van der Waals surface area contributed by atoms with E-state index in [1.54, 1.807) is 0 Å². The first kappa shape index (κ1) is 16.6. The fourth-order valence-electron chi connectivity index (χ4n) is 2.64. The van der Waals surface area contributed by atoms with E-state index in [0.717, 1.165) is 18.6 Å². The van der Waals surface area contributed by atoms with Crippen molar-refractivity contribution >= 4 is 5.95 Å². The Labute approximate surface area is 136 Å². The quantitative estimate of drug-likeness (QED) is 0.802. The summed E-state index contributed by atoms with van der Waals surface area (Å²) in [4.78, 5) is 15.1. The summed E-state index contributed by atoms with van der Waals surface area (Å²) in [5.41, 5.74) is -0.675. The molecule has 0 N–H and O–H groups in total. The topological polar surface area (TPSA) is 45.2 Å². The summed E-state index contributed by atoms with van der Waals surface area (Å²) in [6.07, 6.45) is -1.11. The smallest absolute Gasteiger partial charge is 0.338 e. The Bertz CT molecular complexity index is 681. The molecule has 3 rings (SSSR count). The summed E-state index contributed by atoms with van der Waals surface area (Å²) >= 11 is 0. The van der Waals surface area contributed by atoms with Crippen molar-refractivity contribution in [2.45, 2.75) is 12.7 Å². The zero-order chi connectivity index (χ0) is 17.2. The van der Waals surface area contributed by atoms with Crippen molar-refractivity contribution in [1.29, 1.82) is 0 Å². The number of halogens is 4. The third-order valence-electron chi connectivity index (χ3n) is 3.82. The lowest BCUT2D eigenvalue weighted by Gasteiger charge is -2.34. The number of rotatable bonds is 3. The molecule has 0 saturated carbocycles. The largest absolute Gasteiger partial charge is 0.433 e. The van der Waals surface area contributed by atoms with Crippen LogP contribution < -0.4 is 4.90 Å². The first-order valence-corrected chi connectivity index (χ1v) is 7.39. The van der Waals surface area contributed by atoms with E-state index < -0.39 is 17.7 Å². The van der Waals surface area contributed by atoms with E-state index in [1.807, 2.05) is 9.80 Å². The van der Waals surface area contributed by atoms with Crippen molar-refractivity contribution in [3.63, 3.8) is 0 Å². The van der Waals surface area contributed by atoms with Crippen LogP contribution in [0.3, 0.4) is 0 Å². The molecular weight excluding hydrogens is 326 g/mol. The third kappa shape index (κ3) is 3.78. The van der Waals surface area contributed by atoms with Gasteiger partial charge in [0.1, 0.15) is 5.69 Å². The van der Waals surface area contributed by atoms with E-state index in [0.29, 0.717) is 32.1 Å². The van der Waals surface area contributed by atoms with Gasteiger partial charge in [0, 0.05) is 38.9 Å². The van der Waals surface area contributed by atoms with Crippen molar-refractivity contribution in [3.05, 3.63) is 47.8 Å². The lowest BCUT2D eigenvalue weighted by atomic mass is 10.1. The molecule has 5 nitrogen and oxygen atoms in total. The number of nitrogens with zero attached hydrogens (tertiary/aromatic N) is 5. The molecule has 0 radical (unpaired) electrons. The van der Waals surface area contributed by atoms with E-state index >= 15 is 0 Å². The first-order chi connectivity index (χ1) is 11.4. The molecule has 9 heteroatoms. The zero-order valence-corrected chi connectivity index (χ0v) is 12.7. The van der Waals surface area contributed by atoms with E-state index in [-0.39, 0.29) is 12.1 Å². The van der Waals surface area contributed by atoms with E-state index in [9.17, 15) is 17.6 Å². The average molecular weight is 341 g/mol. The van der Waals surface area contributed by atoms with Gasteiger partial charge in [0.15, 0.2) is 5.82 Å². The van der Waals surface area contributed by atoms with Crippen LogP contribution in [0.15, 0.2) is 30.7 Å². The van der Waals surface area contributed by atoms with Crippen molar-refractivity contribution in [3.8, 4) is 0 Å². The molecule has 0 spiro atoms. The number of aromatic nitrogens is 3. The Kier molecular flexibility index (Phi) is 4.61. The van der Waals surface area contributed by atoms with Crippen LogP contribution in [0, 0.1) is 5.82 Å². The van der Waals surface area contributed by atoms with Gasteiger partial charge in [-0.25, -0.2) is 14.4 Å². The minimum absolute atomic E-state index is 0.163. The molecule has 0 unspecified atom stereocenters. The summed E-state index contributed by atoms with van der Waals surface area (Å²) in [7, 11) is 0. The maximum Gasteiger partial charge on any atom is 0.433 e. The van der Waals surface area contributed by atoms with Crippen LogP contribution in [0.2, 0.25) is 0 Å². The van der Waals surface area contributed by atoms with Crippen LogP contribution in [0.4, 0.5) is 23.5 Å². The Morgan fingerprint density at radius 3 is 2.29 bits per heavy atom. The van der Waals surface area contributed by atoms with Crippen molar-refractivity contribution in [1.82, 2.24) is 19.9 Å². The molecule has 0 bridgehead atoms. The van der Waals surface area contributed by atoms with E-state index in [4.69, 9.17) is 0 Å². The second kappa shape index (κ2) is 6.68. The molecular formula is C15H15F4N5. The number of piperazine rings is 1. The van der Waals surface area contributed by atoms with Gasteiger partial charge >= 0.3 is 6.18 Å². The molecule has 24 heavy (non-hydrogen) atoms. The van der Waals surface area contributed by atoms with Crippen LogP contribution in [-0.4, -0.2) is 46.0 Å².